The van der Waals surface area contributed by atoms with E-state index < -0.39 is 11.7 Å². The van der Waals surface area contributed by atoms with Gasteiger partial charge in [0.25, 0.3) is 5.91 Å². The van der Waals surface area contributed by atoms with Crippen molar-refractivity contribution in [2.75, 3.05) is 7.05 Å². The molecule has 0 radical (unpaired) electrons. The van der Waals surface area contributed by atoms with Crippen LogP contribution >= 0.6 is 15.9 Å². The average Bonchev–Trinajstić information content (AvgIpc) is 2.70. The lowest BCUT2D eigenvalue weighted by atomic mass is 10.1. The second kappa shape index (κ2) is 5.75. The Balaban J connectivity index is 2.26. The molecule has 0 bridgehead atoms. The molecule has 1 aromatic carbocycles. The van der Waals surface area contributed by atoms with Gasteiger partial charge in [0, 0.05) is 17.1 Å². The summed E-state index contributed by atoms with van der Waals surface area (Å²) in [6.45, 7) is 3.91. The minimum absolute atomic E-state index is 0.0294. The van der Waals surface area contributed by atoms with E-state index in [9.17, 15) is 9.18 Å². The molecular weight excluding hydrogens is 327 g/mol. The van der Waals surface area contributed by atoms with Crippen molar-refractivity contribution in [1.29, 1.82) is 0 Å². The Bertz CT molecular complexity index is 615. The van der Waals surface area contributed by atoms with Gasteiger partial charge < -0.3 is 9.42 Å². The number of amides is 1. The number of aromatic nitrogens is 1. The van der Waals surface area contributed by atoms with Gasteiger partial charge in [-0.25, -0.2) is 4.39 Å². The van der Waals surface area contributed by atoms with Gasteiger partial charge in [-0.05, 0) is 41.9 Å². The van der Waals surface area contributed by atoms with Crippen molar-refractivity contribution in [1.82, 2.24) is 10.1 Å². The fourth-order valence-electron chi connectivity index (χ4n) is 1.93. The Labute approximate surface area is 124 Å². The van der Waals surface area contributed by atoms with Gasteiger partial charge in [0.05, 0.1) is 17.8 Å². The molecule has 106 valence electrons. The molecule has 0 spiro atoms. The van der Waals surface area contributed by atoms with Gasteiger partial charge in [-0.1, -0.05) is 11.2 Å². The summed E-state index contributed by atoms with van der Waals surface area (Å²) in [5.41, 5.74) is 1.60. The first-order chi connectivity index (χ1) is 9.41. The van der Waals surface area contributed by atoms with Gasteiger partial charge in [0.15, 0.2) is 0 Å². The highest BCUT2D eigenvalue weighted by molar-refractivity contribution is 9.10. The van der Waals surface area contributed by atoms with Crippen LogP contribution < -0.4 is 0 Å². The summed E-state index contributed by atoms with van der Waals surface area (Å²) in [6.07, 6.45) is 0. The molecule has 1 amide bonds. The quantitative estimate of drug-likeness (QED) is 0.859. The molecular formula is C14H14BrFN2O2. The van der Waals surface area contributed by atoms with Crippen molar-refractivity contribution in [2.24, 2.45) is 0 Å². The first kappa shape index (κ1) is 14.7. The smallest absolute Gasteiger partial charge is 0.258 e. The Hall–Kier alpha value is -1.69. The maximum atomic E-state index is 13.8. The molecule has 1 aromatic heterocycles. The maximum Gasteiger partial charge on any atom is 0.258 e. The van der Waals surface area contributed by atoms with E-state index in [4.69, 9.17) is 4.52 Å². The largest absolute Gasteiger partial charge is 0.361 e. The van der Waals surface area contributed by atoms with Gasteiger partial charge in [-0.2, -0.15) is 0 Å². The standard InChI is InChI=1S/C14H14BrFN2O2/c1-8-10(9(2)20-17-8)7-18(3)14(19)13-11(15)5-4-6-12(13)16/h4-6H,7H2,1-3H3. The van der Waals surface area contributed by atoms with Crippen LogP contribution in [0.3, 0.4) is 0 Å². The molecule has 0 aliphatic heterocycles. The Morgan fingerprint density at radius 3 is 2.70 bits per heavy atom. The second-order valence-corrected chi connectivity index (χ2v) is 5.41. The van der Waals surface area contributed by atoms with Crippen LogP contribution in [-0.2, 0) is 6.54 Å². The number of hydrogen-bond acceptors (Lipinski definition) is 3. The van der Waals surface area contributed by atoms with E-state index >= 15 is 0 Å². The van der Waals surface area contributed by atoms with Gasteiger partial charge in [0.2, 0.25) is 0 Å². The Kier molecular flexibility index (Phi) is 4.23. The van der Waals surface area contributed by atoms with Crippen molar-refractivity contribution in [3.05, 3.63) is 51.1 Å². The summed E-state index contributed by atoms with van der Waals surface area (Å²) in [7, 11) is 1.62. The van der Waals surface area contributed by atoms with Crippen LogP contribution in [0.5, 0.6) is 0 Å². The highest BCUT2D eigenvalue weighted by Crippen LogP contribution is 2.22. The third-order valence-corrected chi connectivity index (χ3v) is 3.76. The zero-order chi connectivity index (χ0) is 14.9. The molecule has 0 fully saturated rings. The molecule has 6 heteroatoms. The van der Waals surface area contributed by atoms with Crippen molar-refractivity contribution in [2.45, 2.75) is 20.4 Å². The molecule has 4 nitrogen and oxygen atoms in total. The SMILES string of the molecule is Cc1noc(C)c1CN(C)C(=O)c1c(F)cccc1Br. The molecule has 0 N–H and O–H groups in total. The van der Waals surface area contributed by atoms with Crippen molar-refractivity contribution < 1.29 is 13.7 Å². The normalized spacial score (nSPS) is 10.7. The van der Waals surface area contributed by atoms with E-state index in [-0.39, 0.29) is 5.56 Å². The van der Waals surface area contributed by atoms with Crippen LogP contribution in [0.2, 0.25) is 0 Å². The van der Waals surface area contributed by atoms with Crippen LogP contribution in [-0.4, -0.2) is 23.0 Å². The second-order valence-electron chi connectivity index (χ2n) is 4.56. The van der Waals surface area contributed by atoms with E-state index in [2.05, 4.69) is 21.1 Å². The molecule has 20 heavy (non-hydrogen) atoms. The summed E-state index contributed by atoms with van der Waals surface area (Å²) in [5, 5.41) is 3.84. The summed E-state index contributed by atoms with van der Waals surface area (Å²) in [6, 6.07) is 4.45. The average molecular weight is 341 g/mol. The summed E-state index contributed by atoms with van der Waals surface area (Å²) in [4.78, 5) is 13.8. The van der Waals surface area contributed by atoms with E-state index in [1.54, 1.807) is 26.1 Å². The first-order valence-electron chi connectivity index (χ1n) is 6.03. The van der Waals surface area contributed by atoms with Gasteiger partial charge >= 0.3 is 0 Å². The Morgan fingerprint density at radius 2 is 2.15 bits per heavy atom. The third-order valence-electron chi connectivity index (χ3n) is 3.10. The maximum absolute atomic E-state index is 13.8. The lowest BCUT2D eigenvalue weighted by molar-refractivity contribution is 0.0779. The number of rotatable bonds is 3. The van der Waals surface area contributed by atoms with Crippen LogP contribution in [0, 0.1) is 19.7 Å². The van der Waals surface area contributed by atoms with Crippen LogP contribution in [0.4, 0.5) is 4.39 Å². The number of nitrogens with zero attached hydrogens (tertiary/aromatic N) is 2. The van der Waals surface area contributed by atoms with Gasteiger partial charge in [-0.3, -0.25) is 4.79 Å². The number of benzene rings is 1. The monoisotopic (exact) mass is 340 g/mol. The first-order valence-corrected chi connectivity index (χ1v) is 6.82. The van der Waals surface area contributed by atoms with E-state index in [0.717, 1.165) is 11.3 Å². The highest BCUT2D eigenvalue weighted by Gasteiger charge is 2.21. The number of hydrogen-bond donors (Lipinski definition) is 0. The molecule has 0 unspecified atom stereocenters. The minimum Gasteiger partial charge on any atom is -0.361 e. The molecule has 2 aromatic rings. The van der Waals surface area contributed by atoms with Gasteiger partial charge in [0.1, 0.15) is 11.6 Å². The predicted molar refractivity (Wildman–Crippen MR) is 75.9 cm³/mol. The van der Waals surface area contributed by atoms with Crippen molar-refractivity contribution in [3.8, 4) is 0 Å². The topological polar surface area (TPSA) is 46.3 Å². The number of halogens is 2. The number of carbonyl (C=O) groups excluding carboxylic acids is 1. The summed E-state index contributed by atoms with van der Waals surface area (Å²) < 4.78 is 19.3. The molecule has 0 aliphatic rings. The minimum atomic E-state index is -0.546. The third kappa shape index (κ3) is 2.75. The number of carbonyl (C=O) groups is 1. The fourth-order valence-corrected chi connectivity index (χ4v) is 2.44. The zero-order valence-corrected chi connectivity index (χ0v) is 13.0. The summed E-state index contributed by atoms with van der Waals surface area (Å²) >= 11 is 3.20. The zero-order valence-electron chi connectivity index (χ0n) is 11.4. The van der Waals surface area contributed by atoms with E-state index in [1.165, 1.54) is 11.0 Å². The summed E-state index contributed by atoms with van der Waals surface area (Å²) in [5.74, 6) is -0.278. The number of aryl methyl sites for hydroxylation is 2. The molecule has 0 saturated carbocycles. The van der Waals surface area contributed by atoms with Gasteiger partial charge in [-0.15, -0.1) is 0 Å². The lowest BCUT2D eigenvalue weighted by Gasteiger charge is -2.18. The van der Waals surface area contributed by atoms with E-state index in [1.807, 2.05) is 6.92 Å². The highest BCUT2D eigenvalue weighted by atomic mass is 79.9. The van der Waals surface area contributed by atoms with Crippen molar-refractivity contribution in [3.63, 3.8) is 0 Å². The Morgan fingerprint density at radius 1 is 1.45 bits per heavy atom. The predicted octanol–water partition coefficient (Wildman–Crippen LogP) is 3.47. The lowest BCUT2D eigenvalue weighted by Crippen LogP contribution is -2.27. The van der Waals surface area contributed by atoms with Crippen LogP contribution in [0.1, 0.15) is 27.4 Å². The van der Waals surface area contributed by atoms with Crippen molar-refractivity contribution >= 4 is 21.8 Å². The molecule has 0 aliphatic carbocycles. The molecule has 0 saturated heterocycles. The van der Waals surface area contributed by atoms with Crippen LogP contribution in [0.15, 0.2) is 27.2 Å². The van der Waals surface area contributed by atoms with Crippen LogP contribution in [0.25, 0.3) is 0 Å². The van der Waals surface area contributed by atoms with E-state index in [0.29, 0.717) is 16.8 Å². The molecule has 1 heterocycles. The fraction of sp³-hybridized carbons (Fsp3) is 0.286. The molecule has 0 atom stereocenters. The molecule has 2 rings (SSSR count).